The third-order valence-electron chi connectivity index (χ3n) is 4.85. The Morgan fingerprint density at radius 1 is 1.17 bits per heavy atom. The molecule has 0 radical (unpaired) electrons. The summed E-state index contributed by atoms with van der Waals surface area (Å²) in [5.41, 5.74) is 8.32. The van der Waals surface area contributed by atoms with Crippen molar-refractivity contribution < 1.29 is 0 Å². The maximum atomic E-state index is 6.54. The number of nitrogens with two attached hydrogens (primary N) is 1. The molecule has 1 aromatic heterocycles. The Kier molecular flexibility index (Phi) is 5.18. The van der Waals surface area contributed by atoms with Gasteiger partial charge in [-0.15, -0.1) is 0 Å². The maximum Gasteiger partial charge on any atom is 0.161 e. The van der Waals surface area contributed by atoms with Gasteiger partial charge in [0.05, 0.1) is 0 Å². The summed E-state index contributed by atoms with van der Waals surface area (Å²) < 4.78 is 0. The van der Waals surface area contributed by atoms with Gasteiger partial charge in [-0.25, -0.2) is 9.97 Å². The first-order valence-corrected chi connectivity index (χ1v) is 8.96. The van der Waals surface area contributed by atoms with E-state index in [4.69, 9.17) is 5.73 Å². The first kappa shape index (κ1) is 16.6. The van der Waals surface area contributed by atoms with Gasteiger partial charge in [0.25, 0.3) is 0 Å². The highest BCUT2D eigenvalue weighted by atomic mass is 15.3. The van der Waals surface area contributed by atoms with Crippen LogP contribution in [-0.4, -0.2) is 29.1 Å². The lowest BCUT2D eigenvalue weighted by Crippen LogP contribution is -2.40. The molecule has 1 aliphatic rings. The third kappa shape index (κ3) is 3.16. The van der Waals surface area contributed by atoms with Crippen LogP contribution in [0.4, 0.5) is 23.0 Å². The van der Waals surface area contributed by atoms with E-state index >= 15 is 0 Å². The lowest BCUT2D eigenvalue weighted by Gasteiger charge is -2.37. The molecule has 1 aliphatic heterocycles. The summed E-state index contributed by atoms with van der Waals surface area (Å²) in [5, 5.41) is 0. The van der Waals surface area contributed by atoms with Crippen molar-refractivity contribution in [2.45, 2.75) is 45.6 Å². The van der Waals surface area contributed by atoms with Gasteiger partial charge in [-0.2, -0.15) is 0 Å². The number of nitrogens with zero attached hydrogens (tertiary/aromatic N) is 4. The third-order valence-corrected chi connectivity index (χ3v) is 4.85. The smallest absolute Gasteiger partial charge is 0.161 e. The van der Waals surface area contributed by atoms with Gasteiger partial charge in [-0.1, -0.05) is 25.1 Å². The van der Waals surface area contributed by atoms with E-state index in [0.29, 0.717) is 11.7 Å². The number of hydrogen-bond donors (Lipinski definition) is 1. The summed E-state index contributed by atoms with van der Waals surface area (Å²) in [5.74, 6) is 1.69. The minimum Gasteiger partial charge on any atom is -0.393 e. The van der Waals surface area contributed by atoms with Crippen molar-refractivity contribution in [3.05, 3.63) is 36.7 Å². The predicted molar refractivity (Wildman–Crippen MR) is 101 cm³/mol. The van der Waals surface area contributed by atoms with E-state index in [1.54, 1.807) is 6.33 Å². The summed E-state index contributed by atoms with van der Waals surface area (Å²) in [6.07, 6.45) is 6.47. The Balaban J connectivity index is 1.98. The highest BCUT2D eigenvalue weighted by Crippen LogP contribution is 2.36. The van der Waals surface area contributed by atoms with E-state index in [1.807, 2.05) is 18.2 Å². The van der Waals surface area contributed by atoms with E-state index in [2.05, 4.69) is 45.7 Å². The number of aromatic nitrogens is 2. The van der Waals surface area contributed by atoms with Crippen molar-refractivity contribution in [2.75, 3.05) is 28.6 Å². The van der Waals surface area contributed by atoms with Crippen LogP contribution in [0.2, 0.25) is 0 Å². The molecular formula is C19H27N5. The number of benzene rings is 1. The Bertz CT molecular complexity index is 658. The first-order valence-electron chi connectivity index (χ1n) is 8.96. The van der Waals surface area contributed by atoms with Gasteiger partial charge in [0.15, 0.2) is 11.6 Å². The molecule has 1 unspecified atom stereocenters. The number of hydrogen-bond acceptors (Lipinski definition) is 5. The zero-order valence-electron chi connectivity index (χ0n) is 14.7. The molecule has 0 bridgehead atoms. The molecule has 1 fully saturated rings. The molecule has 0 saturated carbocycles. The van der Waals surface area contributed by atoms with Crippen LogP contribution in [-0.2, 0) is 0 Å². The van der Waals surface area contributed by atoms with Crippen molar-refractivity contribution in [3.63, 3.8) is 0 Å². The van der Waals surface area contributed by atoms with Crippen LogP contribution in [0.15, 0.2) is 36.7 Å². The number of nitrogen functional groups attached to an aromatic ring is 1. The number of rotatable bonds is 5. The summed E-state index contributed by atoms with van der Waals surface area (Å²) in [4.78, 5) is 13.6. The zero-order valence-corrected chi connectivity index (χ0v) is 14.7. The fourth-order valence-electron chi connectivity index (χ4n) is 3.59. The van der Waals surface area contributed by atoms with Gasteiger partial charge >= 0.3 is 0 Å². The molecule has 0 aliphatic carbocycles. The lowest BCUT2D eigenvalue weighted by atomic mass is 10.00. The number of anilines is 4. The van der Waals surface area contributed by atoms with Crippen molar-refractivity contribution in [1.82, 2.24) is 9.97 Å². The quantitative estimate of drug-likeness (QED) is 0.901. The summed E-state index contributed by atoms with van der Waals surface area (Å²) in [6.45, 7) is 6.19. The normalized spacial score (nSPS) is 17.8. The molecule has 1 aromatic carbocycles. The number of piperidine rings is 1. The molecule has 2 N–H and O–H groups in total. The van der Waals surface area contributed by atoms with Gasteiger partial charge in [-0.3, -0.25) is 0 Å². The minimum atomic E-state index is 0.524. The number of para-hydroxylation sites is 1. The highest BCUT2D eigenvalue weighted by Gasteiger charge is 2.26. The van der Waals surface area contributed by atoms with Crippen LogP contribution >= 0.6 is 0 Å². The molecule has 128 valence electrons. The maximum absolute atomic E-state index is 6.54. The summed E-state index contributed by atoms with van der Waals surface area (Å²) in [6, 6.07) is 10.8. The second-order valence-corrected chi connectivity index (χ2v) is 6.27. The van der Waals surface area contributed by atoms with Crippen molar-refractivity contribution in [2.24, 2.45) is 0 Å². The monoisotopic (exact) mass is 325 g/mol. The molecular weight excluding hydrogens is 298 g/mol. The fourth-order valence-corrected chi connectivity index (χ4v) is 3.59. The van der Waals surface area contributed by atoms with E-state index in [1.165, 1.54) is 19.3 Å². The van der Waals surface area contributed by atoms with Gasteiger partial charge in [0, 0.05) is 24.8 Å². The fraction of sp³-hybridized carbons (Fsp3) is 0.474. The van der Waals surface area contributed by atoms with E-state index in [-0.39, 0.29) is 0 Å². The van der Waals surface area contributed by atoms with E-state index < -0.39 is 0 Å². The Labute approximate surface area is 144 Å². The summed E-state index contributed by atoms with van der Waals surface area (Å²) in [7, 11) is 0. The van der Waals surface area contributed by atoms with Crippen LogP contribution in [0.25, 0.3) is 0 Å². The molecule has 3 rings (SSSR count). The van der Waals surface area contributed by atoms with Crippen molar-refractivity contribution in [3.8, 4) is 0 Å². The molecule has 5 nitrogen and oxygen atoms in total. The van der Waals surface area contributed by atoms with Crippen LogP contribution in [0.3, 0.4) is 0 Å². The van der Waals surface area contributed by atoms with Crippen molar-refractivity contribution in [1.29, 1.82) is 0 Å². The highest BCUT2D eigenvalue weighted by molar-refractivity contribution is 5.79. The molecule has 24 heavy (non-hydrogen) atoms. The van der Waals surface area contributed by atoms with Gasteiger partial charge in [-0.05, 0) is 44.7 Å². The zero-order chi connectivity index (χ0) is 16.9. The van der Waals surface area contributed by atoms with E-state index in [0.717, 1.165) is 36.8 Å². The van der Waals surface area contributed by atoms with Crippen LogP contribution in [0.5, 0.6) is 0 Å². The Morgan fingerprint density at radius 2 is 1.96 bits per heavy atom. The second kappa shape index (κ2) is 7.51. The van der Waals surface area contributed by atoms with Gasteiger partial charge in [0.2, 0.25) is 0 Å². The lowest BCUT2D eigenvalue weighted by molar-refractivity contribution is 0.447. The molecule has 0 amide bonds. The minimum absolute atomic E-state index is 0.524. The summed E-state index contributed by atoms with van der Waals surface area (Å²) >= 11 is 0. The second-order valence-electron chi connectivity index (χ2n) is 6.27. The van der Waals surface area contributed by atoms with Gasteiger partial charge in [0.1, 0.15) is 12.0 Å². The molecule has 5 heteroatoms. The molecule has 1 atom stereocenters. The first-order chi connectivity index (χ1) is 11.8. The average Bonchev–Trinajstić information content (AvgIpc) is 2.64. The molecule has 2 aromatic rings. The average molecular weight is 325 g/mol. The van der Waals surface area contributed by atoms with Crippen LogP contribution < -0.4 is 15.5 Å². The molecule has 1 saturated heterocycles. The topological polar surface area (TPSA) is 58.3 Å². The Morgan fingerprint density at radius 3 is 2.67 bits per heavy atom. The van der Waals surface area contributed by atoms with E-state index in [9.17, 15) is 0 Å². The Hall–Kier alpha value is -2.30. The molecule has 0 spiro atoms. The predicted octanol–water partition coefficient (Wildman–Crippen LogP) is 3.99. The van der Waals surface area contributed by atoms with Gasteiger partial charge < -0.3 is 15.5 Å². The van der Waals surface area contributed by atoms with Crippen LogP contribution in [0, 0.1) is 0 Å². The largest absolute Gasteiger partial charge is 0.393 e. The van der Waals surface area contributed by atoms with Crippen LogP contribution in [0.1, 0.15) is 39.5 Å². The SMILES string of the molecule is CCC1CCCCN1c1ncnc(N(CC)c2ccccc2)c1N. The van der Waals surface area contributed by atoms with Crippen molar-refractivity contribution >= 4 is 23.0 Å². The standard InChI is InChI=1S/C19H27N5/c1-3-15-10-8-9-13-24(15)19-17(20)18(21-14-22-19)23(4-2)16-11-6-5-7-12-16/h5-7,11-12,14-15H,3-4,8-10,13,20H2,1-2H3. The molecule has 2 heterocycles.